The van der Waals surface area contributed by atoms with E-state index in [0.717, 1.165) is 11.3 Å². The monoisotopic (exact) mass is 338 g/mol. The SMILES string of the molecule is Cc1ccc(NC(=O)c2cc(Nc3ccccc3)ncn2)cc1Cl. The number of anilines is 3. The van der Waals surface area contributed by atoms with E-state index >= 15 is 0 Å². The average molecular weight is 339 g/mol. The third kappa shape index (κ3) is 3.88. The molecule has 0 bridgehead atoms. The lowest BCUT2D eigenvalue weighted by molar-refractivity contribution is 0.102. The van der Waals surface area contributed by atoms with Crippen LogP contribution in [-0.4, -0.2) is 15.9 Å². The number of hydrogen-bond acceptors (Lipinski definition) is 4. The number of amides is 1. The van der Waals surface area contributed by atoms with Crippen LogP contribution in [0.1, 0.15) is 16.1 Å². The molecule has 0 unspecified atom stereocenters. The van der Waals surface area contributed by atoms with Crippen LogP contribution in [0.5, 0.6) is 0 Å². The fourth-order valence-electron chi connectivity index (χ4n) is 2.08. The quantitative estimate of drug-likeness (QED) is 0.738. The van der Waals surface area contributed by atoms with E-state index < -0.39 is 0 Å². The number of halogens is 1. The Balaban J connectivity index is 1.75. The van der Waals surface area contributed by atoms with Crippen molar-refractivity contribution >= 4 is 34.7 Å². The second kappa shape index (κ2) is 7.10. The first-order chi connectivity index (χ1) is 11.6. The highest BCUT2D eigenvalue weighted by atomic mass is 35.5. The van der Waals surface area contributed by atoms with E-state index in [-0.39, 0.29) is 11.6 Å². The van der Waals surface area contributed by atoms with Crippen molar-refractivity contribution in [2.45, 2.75) is 6.92 Å². The predicted molar refractivity (Wildman–Crippen MR) is 95.9 cm³/mol. The lowest BCUT2D eigenvalue weighted by atomic mass is 10.2. The van der Waals surface area contributed by atoms with Crippen LogP contribution in [0.4, 0.5) is 17.2 Å². The Morgan fingerprint density at radius 2 is 1.79 bits per heavy atom. The predicted octanol–water partition coefficient (Wildman–Crippen LogP) is 4.43. The number of nitrogens with one attached hydrogen (secondary N) is 2. The van der Waals surface area contributed by atoms with Crippen LogP contribution in [0.3, 0.4) is 0 Å². The van der Waals surface area contributed by atoms with Crippen LogP contribution in [0.15, 0.2) is 60.9 Å². The van der Waals surface area contributed by atoms with Crippen molar-refractivity contribution in [2.24, 2.45) is 0 Å². The minimum Gasteiger partial charge on any atom is -0.340 e. The summed E-state index contributed by atoms with van der Waals surface area (Å²) in [5, 5.41) is 6.50. The zero-order chi connectivity index (χ0) is 16.9. The molecule has 0 radical (unpaired) electrons. The summed E-state index contributed by atoms with van der Waals surface area (Å²) < 4.78 is 0. The molecule has 3 rings (SSSR count). The van der Waals surface area contributed by atoms with Gasteiger partial charge in [-0.25, -0.2) is 9.97 Å². The fraction of sp³-hybridized carbons (Fsp3) is 0.0556. The van der Waals surface area contributed by atoms with Gasteiger partial charge in [0, 0.05) is 22.5 Å². The number of aryl methyl sites for hydroxylation is 1. The molecule has 0 fully saturated rings. The zero-order valence-electron chi connectivity index (χ0n) is 13.0. The number of aromatic nitrogens is 2. The molecule has 3 aromatic rings. The topological polar surface area (TPSA) is 66.9 Å². The highest BCUT2D eigenvalue weighted by molar-refractivity contribution is 6.31. The van der Waals surface area contributed by atoms with E-state index in [1.54, 1.807) is 18.2 Å². The van der Waals surface area contributed by atoms with Gasteiger partial charge in [0.15, 0.2) is 0 Å². The summed E-state index contributed by atoms with van der Waals surface area (Å²) in [6.07, 6.45) is 1.35. The second-order valence-corrected chi connectivity index (χ2v) is 5.60. The van der Waals surface area contributed by atoms with Crippen molar-refractivity contribution in [3.05, 3.63) is 77.2 Å². The van der Waals surface area contributed by atoms with Gasteiger partial charge in [-0.05, 0) is 36.8 Å². The van der Waals surface area contributed by atoms with Gasteiger partial charge in [-0.3, -0.25) is 4.79 Å². The molecule has 2 N–H and O–H groups in total. The second-order valence-electron chi connectivity index (χ2n) is 5.20. The van der Waals surface area contributed by atoms with Gasteiger partial charge in [0.2, 0.25) is 0 Å². The first-order valence-corrected chi connectivity index (χ1v) is 7.71. The summed E-state index contributed by atoms with van der Waals surface area (Å²) >= 11 is 6.07. The molecule has 24 heavy (non-hydrogen) atoms. The molecule has 0 aliphatic rings. The van der Waals surface area contributed by atoms with Gasteiger partial charge in [-0.1, -0.05) is 35.9 Å². The molecule has 0 spiro atoms. The Hall–Kier alpha value is -2.92. The average Bonchev–Trinajstić information content (AvgIpc) is 2.59. The lowest BCUT2D eigenvalue weighted by Gasteiger charge is -2.08. The van der Waals surface area contributed by atoms with Gasteiger partial charge in [0.1, 0.15) is 17.8 Å². The van der Waals surface area contributed by atoms with Crippen LogP contribution in [0.25, 0.3) is 0 Å². The maximum atomic E-state index is 12.3. The standard InChI is InChI=1S/C18H15ClN4O/c1-12-7-8-14(9-15(12)19)23-18(24)16-10-17(21-11-20-16)22-13-5-3-2-4-6-13/h2-11H,1H3,(H,23,24)(H,20,21,22). The van der Waals surface area contributed by atoms with Gasteiger partial charge in [-0.2, -0.15) is 0 Å². The van der Waals surface area contributed by atoms with Crippen molar-refractivity contribution in [3.8, 4) is 0 Å². The molecule has 2 aromatic carbocycles. The Bertz CT molecular complexity index is 868. The van der Waals surface area contributed by atoms with Crippen molar-refractivity contribution in [1.82, 2.24) is 9.97 Å². The number of hydrogen-bond donors (Lipinski definition) is 2. The molecule has 6 heteroatoms. The van der Waals surface area contributed by atoms with Crippen LogP contribution in [-0.2, 0) is 0 Å². The third-order valence-electron chi connectivity index (χ3n) is 3.38. The number of carbonyl (C=O) groups excluding carboxylic acids is 1. The van der Waals surface area contributed by atoms with Crippen molar-refractivity contribution < 1.29 is 4.79 Å². The van der Waals surface area contributed by atoms with Gasteiger partial charge >= 0.3 is 0 Å². The normalized spacial score (nSPS) is 10.2. The highest BCUT2D eigenvalue weighted by Gasteiger charge is 2.10. The fourth-order valence-corrected chi connectivity index (χ4v) is 2.27. The number of benzene rings is 2. The van der Waals surface area contributed by atoms with E-state index in [2.05, 4.69) is 20.6 Å². The number of para-hydroxylation sites is 1. The minimum atomic E-state index is -0.326. The molecule has 0 saturated carbocycles. The molecular weight excluding hydrogens is 324 g/mol. The van der Waals surface area contributed by atoms with E-state index in [0.29, 0.717) is 16.5 Å². The molecule has 0 saturated heterocycles. The molecule has 1 heterocycles. The summed E-state index contributed by atoms with van der Waals surface area (Å²) in [5.41, 5.74) is 2.71. The molecule has 0 aliphatic heterocycles. The zero-order valence-corrected chi connectivity index (χ0v) is 13.7. The van der Waals surface area contributed by atoms with E-state index in [4.69, 9.17) is 11.6 Å². The van der Waals surface area contributed by atoms with Crippen molar-refractivity contribution in [3.63, 3.8) is 0 Å². The molecule has 1 aromatic heterocycles. The molecule has 1 amide bonds. The van der Waals surface area contributed by atoms with E-state index in [9.17, 15) is 4.79 Å². The molecular formula is C18H15ClN4O. The Morgan fingerprint density at radius 3 is 2.54 bits per heavy atom. The summed E-state index contributed by atoms with van der Waals surface area (Å²) in [5.74, 6) is 0.219. The lowest BCUT2D eigenvalue weighted by Crippen LogP contribution is -2.14. The maximum absolute atomic E-state index is 12.3. The maximum Gasteiger partial charge on any atom is 0.274 e. The summed E-state index contributed by atoms with van der Waals surface area (Å²) in [4.78, 5) is 20.5. The molecule has 0 aliphatic carbocycles. The van der Waals surface area contributed by atoms with Crippen LogP contribution >= 0.6 is 11.6 Å². The van der Waals surface area contributed by atoms with E-state index in [1.165, 1.54) is 6.33 Å². The summed E-state index contributed by atoms with van der Waals surface area (Å²) in [7, 11) is 0. The van der Waals surface area contributed by atoms with Gasteiger partial charge in [0.25, 0.3) is 5.91 Å². The van der Waals surface area contributed by atoms with Crippen LogP contribution in [0, 0.1) is 6.92 Å². The Kier molecular flexibility index (Phi) is 4.72. The molecule has 5 nitrogen and oxygen atoms in total. The molecule has 120 valence electrons. The van der Waals surface area contributed by atoms with E-state index in [1.807, 2.05) is 43.3 Å². The summed E-state index contributed by atoms with van der Waals surface area (Å²) in [6, 6.07) is 16.5. The van der Waals surface area contributed by atoms with Crippen molar-refractivity contribution in [2.75, 3.05) is 10.6 Å². The van der Waals surface area contributed by atoms with Gasteiger partial charge < -0.3 is 10.6 Å². The largest absolute Gasteiger partial charge is 0.340 e. The van der Waals surface area contributed by atoms with Crippen molar-refractivity contribution in [1.29, 1.82) is 0 Å². The molecule has 0 atom stereocenters. The third-order valence-corrected chi connectivity index (χ3v) is 3.78. The summed E-state index contributed by atoms with van der Waals surface area (Å²) in [6.45, 7) is 1.90. The number of carbonyl (C=O) groups is 1. The first kappa shape index (κ1) is 16.0. The minimum absolute atomic E-state index is 0.264. The van der Waals surface area contributed by atoms with Gasteiger partial charge in [0.05, 0.1) is 0 Å². The highest BCUT2D eigenvalue weighted by Crippen LogP contribution is 2.20. The number of rotatable bonds is 4. The smallest absolute Gasteiger partial charge is 0.274 e. The number of nitrogens with zero attached hydrogens (tertiary/aromatic N) is 2. The van der Waals surface area contributed by atoms with Crippen LogP contribution in [0.2, 0.25) is 5.02 Å². The Morgan fingerprint density at radius 1 is 1.00 bits per heavy atom. The van der Waals surface area contributed by atoms with Crippen LogP contribution < -0.4 is 10.6 Å². The first-order valence-electron chi connectivity index (χ1n) is 7.33. The Labute approximate surface area is 144 Å². The van der Waals surface area contributed by atoms with Gasteiger partial charge in [-0.15, -0.1) is 0 Å².